The Morgan fingerprint density at radius 2 is 1.94 bits per heavy atom. The number of aliphatic hydroxyl groups excluding tert-OH is 1. The van der Waals surface area contributed by atoms with Crippen LogP contribution in [0.25, 0.3) is 0 Å². The maximum absolute atomic E-state index is 11.9. The van der Waals surface area contributed by atoms with E-state index < -0.39 is 0 Å². The van der Waals surface area contributed by atoms with E-state index in [1.54, 1.807) is 0 Å². The Morgan fingerprint density at radius 1 is 1.33 bits per heavy atom. The van der Waals surface area contributed by atoms with Crippen molar-refractivity contribution in [3.8, 4) is 0 Å². The highest BCUT2D eigenvalue weighted by Gasteiger charge is 2.40. The van der Waals surface area contributed by atoms with E-state index in [4.69, 9.17) is 0 Å². The van der Waals surface area contributed by atoms with Crippen molar-refractivity contribution in [1.29, 1.82) is 0 Å². The molecule has 1 aliphatic heterocycles. The van der Waals surface area contributed by atoms with Crippen LogP contribution in [0.1, 0.15) is 52.9 Å². The molecule has 1 N–H and O–H groups in total. The van der Waals surface area contributed by atoms with Gasteiger partial charge in [0.05, 0.1) is 6.04 Å². The second-order valence-corrected chi connectivity index (χ2v) is 6.81. The first-order valence-corrected chi connectivity index (χ1v) is 7.11. The molecule has 0 radical (unpaired) electrons. The molecule has 0 aromatic carbocycles. The SMILES string of the molecule is CC(C)(C)[C@H]1C(O)=CC(=O)N1CCC1CCCC1. The quantitative estimate of drug-likeness (QED) is 0.836. The molecule has 0 unspecified atom stereocenters. The molecule has 0 saturated heterocycles. The van der Waals surface area contributed by atoms with Gasteiger partial charge in [0.2, 0.25) is 0 Å². The lowest BCUT2D eigenvalue weighted by Crippen LogP contribution is -2.44. The second-order valence-electron chi connectivity index (χ2n) is 6.81. The highest BCUT2D eigenvalue weighted by molar-refractivity contribution is 5.91. The van der Waals surface area contributed by atoms with Gasteiger partial charge in [-0.25, -0.2) is 0 Å². The van der Waals surface area contributed by atoms with E-state index in [1.807, 2.05) is 4.90 Å². The number of hydrogen-bond acceptors (Lipinski definition) is 2. The fraction of sp³-hybridized carbons (Fsp3) is 0.800. The molecule has 3 heteroatoms. The summed E-state index contributed by atoms with van der Waals surface area (Å²) in [6, 6.07) is -0.147. The number of rotatable bonds is 3. The molecule has 1 amide bonds. The molecule has 0 spiro atoms. The molecule has 102 valence electrons. The van der Waals surface area contributed by atoms with E-state index in [0.717, 1.165) is 18.9 Å². The fourth-order valence-corrected chi connectivity index (χ4v) is 3.35. The van der Waals surface area contributed by atoms with E-state index in [0.29, 0.717) is 0 Å². The van der Waals surface area contributed by atoms with Crippen molar-refractivity contribution in [2.75, 3.05) is 6.54 Å². The summed E-state index contributed by atoms with van der Waals surface area (Å²) in [5, 5.41) is 9.96. The van der Waals surface area contributed by atoms with Crippen LogP contribution < -0.4 is 0 Å². The molecule has 18 heavy (non-hydrogen) atoms. The Bertz CT molecular complexity index is 348. The zero-order valence-electron chi connectivity index (χ0n) is 11.8. The summed E-state index contributed by atoms with van der Waals surface area (Å²) in [7, 11) is 0. The third-order valence-electron chi connectivity index (χ3n) is 4.22. The summed E-state index contributed by atoms with van der Waals surface area (Å²) in [5.74, 6) is 0.991. The largest absolute Gasteiger partial charge is 0.510 e. The van der Waals surface area contributed by atoms with E-state index >= 15 is 0 Å². The first kappa shape index (κ1) is 13.4. The molecule has 1 aliphatic carbocycles. The fourth-order valence-electron chi connectivity index (χ4n) is 3.35. The van der Waals surface area contributed by atoms with Crippen LogP contribution in [-0.2, 0) is 4.79 Å². The van der Waals surface area contributed by atoms with Crippen molar-refractivity contribution < 1.29 is 9.90 Å². The van der Waals surface area contributed by atoms with Crippen molar-refractivity contribution in [1.82, 2.24) is 4.90 Å². The molecule has 1 heterocycles. The van der Waals surface area contributed by atoms with Gasteiger partial charge in [-0.15, -0.1) is 0 Å². The summed E-state index contributed by atoms with van der Waals surface area (Å²) in [6.07, 6.45) is 7.77. The van der Waals surface area contributed by atoms with Gasteiger partial charge >= 0.3 is 0 Å². The van der Waals surface area contributed by atoms with Crippen LogP contribution in [0.3, 0.4) is 0 Å². The van der Waals surface area contributed by atoms with Gasteiger partial charge in [0, 0.05) is 12.6 Å². The van der Waals surface area contributed by atoms with Crippen molar-refractivity contribution in [3.05, 3.63) is 11.8 Å². The van der Waals surface area contributed by atoms with E-state index in [1.165, 1.54) is 31.8 Å². The lowest BCUT2D eigenvalue weighted by Gasteiger charge is -2.35. The standard InChI is InChI=1S/C15H25NO2/c1-15(2,3)14-12(17)10-13(18)16(14)9-8-11-6-4-5-7-11/h10-11,14,17H,4-9H2,1-3H3/t14-/m1/s1. The minimum atomic E-state index is -0.147. The van der Waals surface area contributed by atoms with Gasteiger partial charge in [0.1, 0.15) is 5.76 Å². The second kappa shape index (κ2) is 4.94. The van der Waals surface area contributed by atoms with Gasteiger partial charge in [-0.2, -0.15) is 0 Å². The minimum Gasteiger partial charge on any atom is -0.510 e. The molecular formula is C15H25NO2. The number of nitrogens with zero attached hydrogens (tertiary/aromatic N) is 1. The zero-order chi connectivity index (χ0) is 13.3. The smallest absolute Gasteiger partial charge is 0.250 e. The molecule has 2 aliphatic rings. The maximum Gasteiger partial charge on any atom is 0.250 e. The molecule has 0 aromatic rings. The number of aliphatic hydroxyl groups is 1. The van der Waals surface area contributed by atoms with Gasteiger partial charge in [0.15, 0.2) is 0 Å². The van der Waals surface area contributed by atoms with Crippen LogP contribution in [0.4, 0.5) is 0 Å². The van der Waals surface area contributed by atoms with Crippen LogP contribution in [0.15, 0.2) is 11.8 Å². The number of amides is 1. The summed E-state index contributed by atoms with van der Waals surface area (Å²) in [6.45, 7) is 7.00. The predicted molar refractivity (Wildman–Crippen MR) is 72.2 cm³/mol. The third kappa shape index (κ3) is 2.70. The Labute approximate surface area is 110 Å². The molecule has 0 aromatic heterocycles. The van der Waals surface area contributed by atoms with Gasteiger partial charge in [-0.3, -0.25) is 4.79 Å². The van der Waals surface area contributed by atoms with Crippen LogP contribution in [0.5, 0.6) is 0 Å². The Morgan fingerprint density at radius 3 is 2.50 bits per heavy atom. The van der Waals surface area contributed by atoms with Crippen LogP contribution in [0.2, 0.25) is 0 Å². The monoisotopic (exact) mass is 251 g/mol. The van der Waals surface area contributed by atoms with E-state index in [-0.39, 0.29) is 23.1 Å². The Hall–Kier alpha value is -0.990. The highest BCUT2D eigenvalue weighted by atomic mass is 16.3. The van der Waals surface area contributed by atoms with Gasteiger partial charge in [0.25, 0.3) is 5.91 Å². The highest BCUT2D eigenvalue weighted by Crippen LogP contribution is 2.34. The topological polar surface area (TPSA) is 40.5 Å². The van der Waals surface area contributed by atoms with Crippen molar-refractivity contribution in [3.63, 3.8) is 0 Å². The van der Waals surface area contributed by atoms with E-state index in [9.17, 15) is 9.90 Å². The summed E-state index contributed by atoms with van der Waals surface area (Å²) in [4.78, 5) is 13.8. The van der Waals surface area contributed by atoms with Gasteiger partial charge < -0.3 is 10.0 Å². The van der Waals surface area contributed by atoms with Gasteiger partial charge in [-0.1, -0.05) is 46.5 Å². The summed E-state index contributed by atoms with van der Waals surface area (Å²) in [5.41, 5.74) is -0.109. The Kier molecular flexibility index (Phi) is 3.69. The third-order valence-corrected chi connectivity index (χ3v) is 4.22. The van der Waals surface area contributed by atoms with Crippen LogP contribution in [-0.4, -0.2) is 28.5 Å². The Balaban J connectivity index is 1.99. The average molecular weight is 251 g/mol. The van der Waals surface area contributed by atoms with Crippen molar-refractivity contribution in [2.45, 2.75) is 58.9 Å². The minimum absolute atomic E-state index is 0.0228. The molecule has 3 nitrogen and oxygen atoms in total. The lowest BCUT2D eigenvalue weighted by atomic mass is 9.85. The number of hydrogen-bond donors (Lipinski definition) is 1. The van der Waals surface area contributed by atoms with E-state index in [2.05, 4.69) is 20.8 Å². The van der Waals surface area contributed by atoms with Crippen LogP contribution >= 0.6 is 0 Å². The first-order chi connectivity index (χ1) is 8.39. The zero-order valence-corrected chi connectivity index (χ0v) is 11.8. The lowest BCUT2D eigenvalue weighted by molar-refractivity contribution is -0.128. The molecular weight excluding hydrogens is 226 g/mol. The average Bonchev–Trinajstić information content (AvgIpc) is 2.82. The molecule has 2 rings (SSSR count). The summed E-state index contributed by atoms with van der Waals surface area (Å²) < 4.78 is 0. The summed E-state index contributed by atoms with van der Waals surface area (Å²) >= 11 is 0. The molecule has 1 fully saturated rings. The van der Waals surface area contributed by atoms with Crippen molar-refractivity contribution in [2.24, 2.45) is 11.3 Å². The number of carbonyl (C=O) groups excluding carboxylic acids is 1. The predicted octanol–water partition coefficient (Wildman–Crippen LogP) is 3.27. The van der Waals surface area contributed by atoms with Crippen LogP contribution in [0, 0.1) is 11.3 Å². The molecule has 1 saturated carbocycles. The maximum atomic E-state index is 11.9. The number of carbonyl (C=O) groups is 1. The molecule has 1 atom stereocenters. The first-order valence-electron chi connectivity index (χ1n) is 7.11. The van der Waals surface area contributed by atoms with Gasteiger partial charge in [-0.05, 0) is 17.8 Å². The van der Waals surface area contributed by atoms with Crippen molar-refractivity contribution >= 4 is 5.91 Å². The molecule has 0 bridgehead atoms. The normalized spacial score (nSPS) is 25.9.